The molecule has 0 aliphatic rings. The van der Waals surface area contributed by atoms with Crippen LogP contribution in [0.3, 0.4) is 0 Å². The molecule has 0 aliphatic carbocycles. The fraction of sp³-hybridized carbons (Fsp3) is 0.143. The van der Waals surface area contributed by atoms with Gasteiger partial charge in [0.1, 0.15) is 15.7 Å². The minimum absolute atomic E-state index is 0.0740. The molecule has 0 bridgehead atoms. The van der Waals surface area contributed by atoms with E-state index in [1.54, 1.807) is 0 Å². The summed E-state index contributed by atoms with van der Waals surface area (Å²) in [5, 5.41) is 4.27. The molecule has 2 aromatic heterocycles. The molecule has 2 aromatic rings. The molecule has 0 radical (unpaired) electrons. The lowest BCUT2D eigenvalue weighted by Crippen LogP contribution is -2.30. The van der Waals surface area contributed by atoms with Gasteiger partial charge in [0.2, 0.25) is 0 Å². The monoisotopic (exact) mass is 274 g/mol. The Morgan fingerprint density at radius 3 is 3.06 bits per heavy atom. The Labute approximate surface area is 103 Å². The molecule has 90 valence electrons. The first-order valence-electron chi connectivity index (χ1n) is 4.39. The number of hydrogen-bond donors (Lipinski definition) is 3. The topological polar surface area (TPSA) is 119 Å². The maximum absolute atomic E-state index is 11.5. The highest BCUT2D eigenvalue weighted by Gasteiger charge is 2.09. The van der Waals surface area contributed by atoms with Gasteiger partial charge in [0, 0.05) is 17.7 Å². The van der Waals surface area contributed by atoms with Crippen LogP contribution in [0.2, 0.25) is 5.02 Å². The van der Waals surface area contributed by atoms with Crippen molar-refractivity contribution in [2.45, 2.75) is 6.54 Å². The van der Waals surface area contributed by atoms with Gasteiger partial charge >= 0.3 is 5.69 Å². The van der Waals surface area contributed by atoms with Gasteiger partial charge in [0.15, 0.2) is 0 Å². The second kappa shape index (κ2) is 4.65. The third-order valence-electron chi connectivity index (χ3n) is 1.97. The van der Waals surface area contributed by atoms with E-state index in [-0.39, 0.29) is 11.6 Å². The fourth-order valence-electron chi connectivity index (χ4n) is 1.18. The highest BCUT2D eigenvalue weighted by atomic mass is 35.5. The van der Waals surface area contributed by atoms with Crippen molar-refractivity contribution in [2.24, 2.45) is 5.84 Å². The lowest BCUT2D eigenvalue weighted by Gasteiger charge is -2.03. The van der Waals surface area contributed by atoms with Crippen LogP contribution < -0.4 is 22.5 Å². The van der Waals surface area contributed by atoms with Crippen LogP contribution in [0.1, 0.15) is 5.69 Å². The van der Waals surface area contributed by atoms with Gasteiger partial charge < -0.3 is 5.43 Å². The molecule has 0 amide bonds. The van der Waals surface area contributed by atoms with Crippen LogP contribution in [0.4, 0.5) is 5.00 Å². The molecule has 0 aliphatic heterocycles. The summed E-state index contributed by atoms with van der Waals surface area (Å²) in [7, 11) is 0. The first-order valence-corrected chi connectivity index (χ1v) is 5.54. The number of hydrazine groups is 1. The van der Waals surface area contributed by atoms with Crippen LogP contribution in [0.25, 0.3) is 0 Å². The molecule has 0 fully saturated rings. The zero-order valence-corrected chi connectivity index (χ0v) is 9.88. The molecule has 17 heavy (non-hydrogen) atoms. The minimum atomic E-state index is -0.624. The molecule has 0 saturated carbocycles. The third kappa shape index (κ3) is 2.35. The SMILES string of the molecule is NNc1snnc1Cn1cc(Cl)c(=O)[nH]c1=O. The van der Waals surface area contributed by atoms with E-state index < -0.39 is 11.2 Å². The number of rotatable bonds is 3. The van der Waals surface area contributed by atoms with Gasteiger partial charge in [-0.05, 0) is 0 Å². The van der Waals surface area contributed by atoms with Crippen molar-refractivity contribution in [1.29, 1.82) is 0 Å². The van der Waals surface area contributed by atoms with E-state index in [9.17, 15) is 9.59 Å². The average molecular weight is 275 g/mol. The van der Waals surface area contributed by atoms with Gasteiger partial charge in [0.25, 0.3) is 5.56 Å². The zero-order valence-electron chi connectivity index (χ0n) is 8.31. The molecule has 0 aromatic carbocycles. The number of nitrogens with two attached hydrogens (primary N) is 1. The lowest BCUT2D eigenvalue weighted by molar-refractivity contribution is 0.703. The predicted molar refractivity (Wildman–Crippen MR) is 63.2 cm³/mol. The van der Waals surface area contributed by atoms with Crippen LogP contribution in [-0.2, 0) is 6.54 Å². The maximum atomic E-state index is 11.5. The Morgan fingerprint density at radius 2 is 2.35 bits per heavy atom. The van der Waals surface area contributed by atoms with E-state index in [0.29, 0.717) is 10.7 Å². The van der Waals surface area contributed by atoms with E-state index in [2.05, 4.69) is 20.0 Å². The molecule has 0 spiro atoms. The number of anilines is 1. The molecule has 0 saturated heterocycles. The lowest BCUT2D eigenvalue weighted by atomic mass is 10.4. The molecule has 0 atom stereocenters. The Bertz CT molecular complexity index is 646. The first-order chi connectivity index (χ1) is 8.11. The van der Waals surface area contributed by atoms with Crippen LogP contribution in [-0.4, -0.2) is 19.1 Å². The standard InChI is InChI=1S/C7H7ClN6O2S/c8-3-1-14(7(16)10-5(3)15)2-4-6(11-9)17-13-12-4/h1,11H,2,9H2,(H,10,15,16). The molecule has 0 unspecified atom stereocenters. The third-order valence-corrected chi connectivity index (χ3v) is 2.94. The predicted octanol–water partition coefficient (Wildman–Crippen LogP) is -0.625. The van der Waals surface area contributed by atoms with Crippen molar-refractivity contribution in [2.75, 3.05) is 5.43 Å². The number of hydrogen-bond acceptors (Lipinski definition) is 7. The van der Waals surface area contributed by atoms with Gasteiger partial charge in [-0.2, -0.15) is 0 Å². The summed E-state index contributed by atoms with van der Waals surface area (Å²) in [5.41, 5.74) is 1.71. The number of aromatic amines is 1. The Balaban J connectivity index is 2.40. The number of aromatic nitrogens is 4. The van der Waals surface area contributed by atoms with Crippen LogP contribution in [0.15, 0.2) is 15.8 Å². The summed E-state index contributed by atoms with van der Waals surface area (Å²) in [5.74, 6) is 5.25. The van der Waals surface area contributed by atoms with Crippen LogP contribution in [0.5, 0.6) is 0 Å². The Kier molecular flexibility index (Phi) is 3.22. The molecule has 10 heteroatoms. The second-order valence-corrected chi connectivity index (χ2v) is 4.22. The van der Waals surface area contributed by atoms with Crippen molar-refractivity contribution in [3.05, 3.63) is 37.8 Å². The van der Waals surface area contributed by atoms with E-state index in [0.717, 1.165) is 11.5 Å². The van der Waals surface area contributed by atoms with Crippen molar-refractivity contribution >= 4 is 28.1 Å². The van der Waals surface area contributed by atoms with Crippen molar-refractivity contribution in [1.82, 2.24) is 19.1 Å². The summed E-state index contributed by atoms with van der Waals surface area (Å²) in [6, 6.07) is 0. The molecule has 4 N–H and O–H groups in total. The van der Waals surface area contributed by atoms with E-state index >= 15 is 0 Å². The van der Waals surface area contributed by atoms with E-state index in [4.69, 9.17) is 17.4 Å². The minimum Gasteiger partial charge on any atom is -0.313 e. The summed E-state index contributed by atoms with van der Waals surface area (Å²) >= 11 is 6.69. The van der Waals surface area contributed by atoms with Gasteiger partial charge in [-0.15, -0.1) is 5.10 Å². The van der Waals surface area contributed by atoms with Crippen LogP contribution >= 0.6 is 23.1 Å². The van der Waals surface area contributed by atoms with Gasteiger partial charge in [-0.3, -0.25) is 14.3 Å². The number of halogens is 1. The Hall–Kier alpha value is -1.71. The molecule has 2 heterocycles. The first kappa shape index (κ1) is 11.8. The number of nitrogen functional groups attached to an aromatic ring is 1. The molecular weight excluding hydrogens is 268 g/mol. The highest BCUT2D eigenvalue weighted by molar-refractivity contribution is 7.10. The quantitative estimate of drug-likeness (QED) is 0.507. The summed E-state index contributed by atoms with van der Waals surface area (Å²) < 4.78 is 4.90. The van der Waals surface area contributed by atoms with Crippen molar-refractivity contribution in [3.8, 4) is 0 Å². The highest BCUT2D eigenvalue weighted by Crippen LogP contribution is 2.16. The summed E-state index contributed by atoms with van der Waals surface area (Å²) in [6.07, 6.45) is 1.24. The van der Waals surface area contributed by atoms with Gasteiger partial charge in [-0.25, -0.2) is 10.6 Å². The van der Waals surface area contributed by atoms with Crippen molar-refractivity contribution in [3.63, 3.8) is 0 Å². The van der Waals surface area contributed by atoms with Crippen LogP contribution in [0, 0.1) is 0 Å². The van der Waals surface area contributed by atoms with Gasteiger partial charge in [-0.1, -0.05) is 16.1 Å². The summed E-state index contributed by atoms with van der Waals surface area (Å²) in [6.45, 7) is 0.116. The van der Waals surface area contributed by atoms with Gasteiger partial charge in [0.05, 0.1) is 6.54 Å². The van der Waals surface area contributed by atoms with Crippen molar-refractivity contribution < 1.29 is 0 Å². The Morgan fingerprint density at radius 1 is 1.59 bits per heavy atom. The maximum Gasteiger partial charge on any atom is 0.328 e. The molecule has 2 rings (SSSR count). The summed E-state index contributed by atoms with van der Waals surface area (Å²) in [4.78, 5) is 24.6. The smallest absolute Gasteiger partial charge is 0.313 e. The normalized spacial score (nSPS) is 10.5. The van der Waals surface area contributed by atoms with E-state index in [1.807, 2.05) is 0 Å². The number of H-pyrrole nitrogens is 1. The number of nitrogens with one attached hydrogen (secondary N) is 2. The number of nitrogens with zero attached hydrogens (tertiary/aromatic N) is 3. The van der Waals surface area contributed by atoms with E-state index in [1.165, 1.54) is 10.8 Å². The second-order valence-electron chi connectivity index (χ2n) is 3.06. The molecule has 8 nitrogen and oxygen atoms in total. The molecular formula is C7H7ClN6O2S. The largest absolute Gasteiger partial charge is 0.328 e. The zero-order chi connectivity index (χ0) is 12.4. The fourth-order valence-corrected chi connectivity index (χ4v) is 1.83. The average Bonchev–Trinajstić information content (AvgIpc) is 2.73.